The standard InChI is InChI=1S/C14H28N2O2/c1-4-14(15,5-2)12(18)16-13(10-17)8-6-7-11(3)9-13/h11,17H,4-10,15H2,1-3H3,(H,16,18). The molecule has 1 saturated carbocycles. The number of rotatable bonds is 5. The van der Waals surface area contributed by atoms with Gasteiger partial charge in [0.25, 0.3) is 0 Å². The van der Waals surface area contributed by atoms with E-state index >= 15 is 0 Å². The van der Waals surface area contributed by atoms with Crippen LogP contribution < -0.4 is 11.1 Å². The molecule has 0 aromatic carbocycles. The fraction of sp³-hybridized carbons (Fsp3) is 0.929. The molecule has 0 bridgehead atoms. The van der Waals surface area contributed by atoms with Crippen molar-refractivity contribution in [1.29, 1.82) is 0 Å². The molecule has 1 amide bonds. The van der Waals surface area contributed by atoms with Crippen molar-refractivity contribution in [3.8, 4) is 0 Å². The van der Waals surface area contributed by atoms with Crippen molar-refractivity contribution in [2.75, 3.05) is 6.61 Å². The van der Waals surface area contributed by atoms with Crippen molar-refractivity contribution in [3.05, 3.63) is 0 Å². The first-order valence-corrected chi connectivity index (χ1v) is 7.13. The first-order chi connectivity index (χ1) is 8.41. The van der Waals surface area contributed by atoms with E-state index in [4.69, 9.17) is 5.73 Å². The zero-order valence-electron chi connectivity index (χ0n) is 12.0. The summed E-state index contributed by atoms with van der Waals surface area (Å²) in [5.74, 6) is 0.428. The molecule has 4 nitrogen and oxygen atoms in total. The Morgan fingerprint density at radius 3 is 2.56 bits per heavy atom. The minimum absolute atomic E-state index is 0.00654. The lowest BCUT2D eigenvalue weighted by Gasteiger charge is -2.41. The van der Waals surface area contributed by atoms with Crippen LogP contribution in [0.2, 0.25) is 0 Å². The van der Waals surface area contributed by atoms with E-state index in [9.17, 15) is 9.90 Å². The lowest BCUT2D eigenvalue weighted by atomic mass is 9.76. The first-order valence-electron chi connectivity index (χ1n) is 7.13. The number of carbonyl (C=O) groups is 1. The third kappa shape index (κ3) is 3.23. The van der Waals surface area contributed by atoms with E-state index in [1.54, 1.807) is 0 Å². The Kier molecular flexibility index (Phi) is 5.17. The molecule has 0 aromatic rings. The minimum Gasteiger partial charge on any atom is -0.394 e. The van der Waals surface area contributed by atoms with Crippen LogP contribution in [0.1, 0.15) is 59.3 Å². The summed E-state index contributed by atoms with van der Waals surface area (Å²) in [7, 11) is 0. The van der Waals surface area contributed by atoms with Crippen LogP contribution in [-0.2, 0) is 4.79 Å². The van der Waals surface area contributed by atoms with Gasteiger partial charge in [-0.25, -0.2) is 0 Å². The molecule has 2 unspecified atom stereocenters. The van der Waals surface area contributed by atoms with Crippen molar-refractivity contribution in [2.24, 2.45) is 11.7 Å². The van der Waals surface area contributed by atoms with E-state index in [0.717, 1.165) is 19.3 Å². The van der Waals surface area contributed by atoms with Crippen molar-refractivity contribution in [1.82, 2.24) is 5.32 Å². The molecular formula is C14H28N2O2. The molecule has 106 valence electrons. The lowest BCUT2D eigenvalue weighted by molar-refractivity contribution is -0.130. The summed E-state index contributed by atoms with van der Waals surface area (Å²) in [6.07, 6.45) is 5.16. The van der Waals surface area contributed by atoms with E-state index in [1.807, 2.05) is 13.8 Å². The third-order valence-corrected chi connectivity index (χ3v) is 4.49. The van der Waals surface area contributed by atoms with Gasteiger partial charge in [-0.3, -0.25) is 4.79 Å². The van der Waals surface area contributed by atoms with Crippen LogP contribution in [0.5, 0.6) is 0 Å². The maximum absolute atomic E-state index is 12.3. The second-order valence-corrected chi connectivity index (χ2v) is 5.96. The van der Waals surface area contributed by atoms with Crippen molar-refractivity contribution in [3.63, 3.8) is 0 Å². The zero-order valence-corrected chi connectivity index (χ0v) is 12.0. The lowest BCUT2D eigenvalue weighted by Crippen LogP contribution is -2.62. The second-order valence-electron chi connectivity index (χ2n) is 5.96. The number of carbonyl (C=O) groups excluding carboxylic acids is 1. The van der Waals surface area contributed by atoms with Crippen molar-refractivity contribution in [2.45, 2.75) is 70.4 Å². The van der Waals surface area contributed by atoms with Gasteiger partial charge in [-0.1, -0.05) is 33.6 Å². The molecule has 0 spiro atoms. The van der Waals surface area contributed by atoms with Crippen molar-refractivity contribution >= 4 is 5.91 Å². The van der Waals surface area contributed by atoms with Gasteiger partial charge in [-0.2, -0.15) is 0 Å². The summed E-state index contributed by atoms with van der Waals surface area (Å²) in [5.41, 5.74) is 4.85. The highest BCUT2D eigenvalue weighted by Crippen LogP contribution is 2.32. The molecule has 4 N–H and O–H groups in total. The predicted molar refractivity (Wildman–Crippen MR) is 73.1 cm³/mol. The van der Waals surface area contributed by atoms with Gasteiger partial charge >= 0.3 is 0 Å². The van der Waals surface area contributed by atoms with Crippen LogP contribution in [0, 0.1) is 5.92 Å². The molecule has 0 aromatic heterocycles. The quantitative estimate of drug-likeness (QED) is 0.699. The highest BCUT2D eigenvalue weighted by atomic mass is 16.3. The average molecular weight is 256 g/mol. The van der Waals surface area contributed by atoms with Crippen LogP contribution in [0.25, 0.3) is 0 Å². The summed E-state index contributed by atoms with van der Waals surface area (Å²) >= 11 is 0. The Morgan fingerprint density at radius 2 is 2.11 bits per heavy atom. The topological polar surface area (TPSA) is 75.4 Å². The van der Waals surface area contributed by atoms with E-state index in [1.165, 1.54) is 6.42 Å². The Morgan fingerprint density at radius 1 is 1.50 bits per heavy atom. The molecule has 1 aliphatic rings. The molecule has 1 aliphatic carbocycles. The molecule has 1 fully saturated rings. The molecule has 1 rings (SSSR count). The van der Waals surface area contributed by atoms with Crippen LogP contribution >= 0.6 is 0 Å². The van der Waals surface area contributed by atoms with Gasteiger partial charge in [0.2, 0.25) is 5.91 Å². The number of hydrogen-bond acceptors (Lipinski definition) is 3. The fourth-order valence-corrected chi connectivity index (χ4v) is 2.89. The van der Waals surface area contributed by atoms with E-state index in [0.29, 0.717) is 18.8 Å². The van der Waals surface area contributed by atoms with E-state index in [2.05, 4.69) is 12.2 Å². The van der Waals surface area contributed by atoms with Gasteiger partial charge < -0.3 is 16.2 Å². The van der Waals surface area contributed by atoms with Crippen LogP contribution in [0.15, 0.2) is 0 Å². The molecule has 0 saturated heterocycles. The maximum atomic E-state index is 12.3. The monoisotopic (exact) mass is 256 g/mol. The Labute approximate surface area is 110 Å². The number of nitrogens with one attached hydrogen (secondary N) is 1. The molecule has 0 aliphatic heterocycles. The number of amides is 1. The normalized spacial score (nSPS) is 29.1. The Hall–Kier alpha value is -0.610. The summed E-state index contributed by atoms with van der Waals surface area (Å²) in [5, 5.41) is 12.7. The molecule has 18 heavy (non-hydrogen) atoms. The molecule has 0 heterocycles. The van der Waals surface area contributed by atoms with Crippen LogP contribution in [-0.4, -0.2) is 28.7 Å². The van der Waals surface area contributed by atoms with Gasteiger partial charge in [0.1, 0.15) is 0 Å². The smallest absolute Gasteiger partial charge is 0.240 e. The molecule has 4 heteroatoms. The zero-order chi connectivity index (χ0) is 13.8. The Balaban J connectivity index is 2.76. The highest BCUT2D eigenvalue weighted by molar-refractivity contribution is 5.86. The van der Waals surface area contributed by atoms with Gasteiger partial charge in [-0.15, -0.1) is 0 Å². The van der Waals surface area contributed by atoms with Crippen LogP contribution in [0.4, 0.5) is 0 Å². The minimum atomic E-state index is -0.803. The summed E-state index contributed by atoms with van der Waals surface area (Å²) < 4.78 is 0. The van der Waals surface area contributed by atoms with Gasteiger partial charge in [0, 0.05) is 0 Å². The molecule has 0 radical (unpaired) electrons. The maximum Gasteiger partial charge on any atom is 0.240 e. The predicted octanol–water partition coefficient (Wildman–Crippen LogP) is 1.56. The van der Waals surface area contributed by atoms with Gasteiger partial charge in [-0.05, 0) is 31.6 Å². The first kappa shape index (κ1) is 15.4. The largest absolute Gasteiger partial charge is 0.394 e. The third-order valence-electron chi connectivity index (χ3n) is 4.49. The highest BCUT2D eigenvalue weighted by Gasteiger charge is 2.40. The summed E-state index contributed by atoms with van der Waals surface area (Å²) in [6, 6.07) is 0. The van der Waals surface area contributed by atoms with Crippen molar-refractivity contribution < 1.29 is 9.90 Å². The molecular weight excluding hydrogens is 228 g/mol. The number of nitrogens with two attached hydrogens (primary N) is 1. The van der Waals surface area contributed by atoms with Gasteiger partial charge in [0.15, 0.2) is 0 Å². The fourth-order valence-electron chi connectivity index (χ4n) is 2.89. The van der Waals surface area contributed by atoms with Crippen LogP contribution in [0.3, 0.4) is 0 Å². The van der Waals surface area contributed by atoms with E-state index in [-0.39, 0.29) is 12.5 Å². The van der Waals surface area contributed by atoms with E-state index < -0.39 is 11.1 Å². The SMILES string of the molecule is CCC(N)(CC)C(=O)NC1(CO)CCCC(C)C1. The average Bonchev–Trinajstić information content (AvgIpc) is 2.37. The number of aliphatic hydroxyl groups is 1. The number of aliphatic hydroxyl groups excluding tert-OH is 1. The summed E-state index contributed by atoms with van der Waals surface area (Å²) in [6.45, 7) is 6.04. The summed E-state index contributed by atoms with van der Waals surface area (Å²) in [4.78, 5) is 12.3. The van der Waals surface area contributed by atoms with Gasteiger partial charge in [0.05, 0.1) is 17.7 Å². The number of hydrogen-bond donors (Lipinski definition) is 3. The molecule has 2 atom stereocenters. The Bertz CT molecular complexity index is 290. The second kappa shape index (κ2) is 6.02.